The molecule has 0 radical (unpaired) electrons. The average Bonchev–Trinajstić information content (AvgIpc) is 2.76. The van der Waals surface area contributed by atoms with E-state index in [9.17, 15) is 5.11 Å². The summed E-state index contributed by atoms with van der Waals surface area (Å²) in [5, 5.41) is 17.4. The quantitative estimate of drug-likeness (QED) is 0.376. The summed E-state index contributed by atoms with van der Waals surface area (Å²) in [6.07, 6.45) is 13.2. The molecular weight excluding hydrogens is 402 g/mol. The summed E-state index contributed by atoms with van der Waals surface area (Å²) >= 11 is 0. The van der Waals surface area contributed by atoms with E-state index in [1.165, 1.54) is 63.4 Å². The molecule has 0 heterocycles. The third kappa shape index (κ3) is 3.13. The highest BCUT2D eigenvalue weighted by atomic mass is 16.3. The zero-order valence-electron chi connectivity index (χ0n) is 22.7. The number of nitriles is 1. The molecule has 5 aliphatic rings. The van der Waals surface area contributed by atoms with Gasteiger partial charge in [0.15, 0.2) is 0 Å². The third-order valence-corrected chi connectivity index (χ3v) is 13.6. The molecule has 0 aromatic carbocycles. The van der Waals surface area contributed by atoms with Gasteiger partial charge in [-0.1, -0.05) is 60.6 Å². The summed E-state index contributed by atoms with van der Waals surface area (Å²) in [4.78, 5) is 0. The molecule has 186 valence electrons. The zero-order valence-corrected chi connectivity index (χ0v) is 22.7. The largest absolute Gasteiger partial charge is 0.393 e. The van der Waals surface area contributed by atoms with Crippen molar-refractivity contribution < 1.29 is 5.11 Å². The molecule has 1 N–H and O–H groups in total. The van der Waals surface area contributed by atoms with Gasteiger partial charge in [-0.05, 0) is 121 Å². The van der Waals surface area contributed by atoms with Crippen LogP contribution in [0.4, 0.5) is 0 Å². The van der Waals surface area contributed by atoms with E-state index in [0.717, 1.165) is 24.2 Å². The van der Waals surface area contributed by atoms with Crippen LogP contribution < -0.4 is 0 Å². The molecule has 5 fully saturated rings. The Morgan fingerprint density at radius 1 is 0.818 bits per heavy atom. The lowest BCUT2D eigenvalue weighted by Gasteiger charge is -2.73. The highest BCUT2D eigenvalue weighted by Crippen LogP contribution is 2.76. The Hall–Kier alpha value is -0.810. The van der Waals surface area contributed by atoms with Crippen molar-refractivity contribution in [1.29, 1.82) is 5.26 Å². The minimum atomic E-state index is -0.119. The van der Waals surface area contributed by atoms with E-state index >= 15 is 0 Å². The number of hydrogen-bond acceptors (Lipinski definition) is 2. The topological polar surface area (TPSA) is 44.0 Å². The van der Waals surface area contributed by atoms with Crippen molar-refractivity contribution in [2.24, 2.45) is 56.7 Å². The van der Waals surface area contributed by atoms with Gasteiger partial charge >= 0.3 is 0 Å². The van der Waals surface area contributed by atoms with Gasteiger partial charge in [0, 0.05) is 6.57 Å². The maximum atomic E-state index is 10.9. The van der Waals surface area contributed by atoms with Crippen molar-refractivity contribution in [3.05, 3.63) is 12.2 Å². The number of aliphatic hydroxyl groups is 1. The van der Waals surface area contributed by atoms with E-state index < -0.39 is 0 Å². The highest BCUT2D eigenvalue weighted by molar-refractivity contribution is 5.21. The number of allylic oxidation sites excluding steroid dienone is 1. The molecule has 0 unspecified atom stereocenters. The molecule has 5 rings (SSSR count). The Bertz CT molecular complexity index is 813. The van der Waals surface area contributed by atoms with Gasteiger partial charge in [-0.3, -0.25) is 0 Å². The molecular formula is C31H51NO. The number of fused-ring (bicyclic) bond motifs is 7. The Labute approximate surface area is 204 Å². The lowest BCUT2D eigenvalue weighted by atomic mass is 9.31. The van der Waals surface area contributed by atoms with Crippen LogP contribution in [0.25, 0.3) is 0 Å². The van der Waals surface area contributed by atoms with Crippen molar-refractivity contribution in [1.82, 2.24) is 0 Å². The third-order valence-electron chi connectivity index (χ3n) is 13.6. The molecule has 0 aromatic rings. The number of aliphatic hydroxyl groups excluding tert-OH is 1. The van der Waals surface area contributed by atoms with Crippen LogP contribution in [0.15, 0.2) is 12.2 Å². The van der Waals surface area contributed by atoms with Crippen molar-refractivity contribution in [3.63, 3.8) is 0 Å². The minimum Gasteiger partial charge on any atom is -0.393 e. The van der Waals surface area contributed by atoms with Crippen LogP contribution >= 0.6 is 0 Å². The minimum absolute atomic E-state index is 0.0623. The maximum absolute atomic E-state index is 10.9. The van der Waals surface area contributed by atoms with Crippen LogP contribution in [0.3, 0.4) is 0 Å². The first kappa shape index (κ1) is 25.3. The SMILES string of the molecule is C#N.C=C1CC[C@]2(C)CC[C@]3(C)[C@H](CC[C@@H]4[C@@]5(C)CC[C@H](O)C(C)(C)[C@@H]5CC[C@]43C)[C@H]2[C@@H]1C. The summed E-state index contributed by atoms with van der Waals surface area (Å²) in [6, 6.07) is 0. The number of hydrogen-bond donors (Lipinski definition) is 1. The average molecular weight is 454 g/mol. The monoisotopic (exact) mass is 453 g/mol. The van der Waals surface area contributed by atoms with Gasteiger partial charge in [-0.2, -0.15) is 0 Å². The normalized spacial score (nSPS) is 55.0. The molecule has 5 saturated carbocycles. The molecule has 10 atom stereocenters. The first-order valence-corrected chi connectivity index (χ1v) is 13.9. The van der Waals surface area contributed by atoms with Crippen molar-refractivity contribution in [2.75, 3.05) is 0 Å². The number of nitrogens with zero attached hydrogens (tertiary/aromatic N) is 1. The lowest BCUT2D eigenvalue weighted by Crippen LogP contribution is -2.67. The Balaban J connectivity index is 0.00000126. The fourth-order valence-electron chi connectivity index (χ4n) is 11.4. The standard InChI is InChI=1S/C30H50O.CHN/c1-19-11-14-27(5)17-18-29(7)21(25(27)20(19)2)9-10-23-28(6)15-13-24(31)26(3,4)22(28)12-16-30(23,29)8;1-2/h20-25,31H,1,9-18H2,2-8H3;1H/t20-,21-,22+,23-,24+,25-,27-,28+,29-,30-;/m1./s1. The molecule has 0 spiro atoms. The van der Waals surface area contributed by atoms with E-state index in [2.05, 4.69) is 61.6 Å². The van der Waals surface area contributed by atoms with Crippen molar-refractivity contribution >= 4 is 0 Å². The van der Waals surface area contributed by atoms with Gasteiger partial charge in [-0.25, -0.2) is 5.26 Å². The van der Waals surface area contributed by atoms with Crippen LogP contribution in [-0.4, -0.2) is 11.2 Å². The predicted octanol–water partition coefficient (Wildman–Crippen LogP) is 8.16. The molecule has 0 bridgehead atoms. The summed E-state index contributed by atoms with van der Waals surface area (Å²) in [7, 11) is 0. The number of rotatable bonds is 0. The van der Waals surface area contributed by atoms with E-state index in [-0.39, 0.29) is 11.5 Å². The molecule has 2 nitrogen and oxygen atoms in total. The molecule has 0 aliphatic heterocycles. The fourth-order valence-corrected chi connectivity index (χ4v) is 11.4. The van der Waals surface area contributed by atoms with Gasteiger partial charge in [0.25, 0.3) is 0 Å². The smallest absolute Gasteiger partial charge is 0.0594 e. The maximum Gasteiger partial charge on any atom is 0.0594 e. The molecule has 0 aromatic heterocycles. The van der Waals surface area contributed by atoms with Crippen molar-refractivity contribution in [3.8, 4) is 6.57 Å². The van der Waals surface area contributed by atoms with Gasteiger partial charge in [0.2, 0.25) is 0 Å². The van der Waals surface area contributed by atoms with Crippen LogP contribution in [0.1, 0.15) is 113 Å². The molecule has 2 heteroatoms. The molecule has 33 heavy (non-hydrogen) atoms. The zero-order chi connectivity index (χ0) is 24.6. The summed E-state index contributed by atoms with van der Waals surface area (Å²) in [5.41, 5.74) is 3.43. The molecule has 0 saturated heterocycles. The second kappa shape index (κ2) is 7.85. The summed E-state index contributed by atoms with van der Waals surface area (Å²) in [6.45, 7) is 26.1. The van der Waals surface area contributed by atoms with E-state index in [1.807, 2.05) is 0 Å². The summed E-state index contributed by atoms with van der Waals surface area (Å²) in [5.74, 6) is 3.88. The van der Waals surface area contributed by atoms with Gasteiger partial charge in [-0.15, -0.1) is 0 Å². The highest BCUT2D eigenvalue weighted by Gasteiger charge is 2.69. The predicted molar refractivity (Wildman–Crippen MR) is 137 cm³/mol. The van der Waals surface area contributed by atoms with Crippen LogP contribution in [0.2, 0.25) is 0 Å². The second-order valence-electron chi connectivity index (χ2n) is 14.7. The Morgan fingerprint density at radius 3 is 2.15 bits per heavy atom. The fraction of sp³-hybridized carbons (Fsp3) is 0.903. The molecule has 5 aliphatic carbocycles. The van der Waals surface area contributed by atoms with Crippen molar-refractivity contribution in [2.45, 2.75) is 119 Å². The van der Waals surface area contributed by atoms with E-state index in [4.69, 9.17) is 5.26 Å². The first-order valence-electron chi connectivity index (χ1n) is 13.9. The van der Waals surface area contributed by atoms with Crippen LogP contribution in [-0.2, 0) is 0 Å². The van der Waals surface area contributed by atoms with E-state index in [1.54, 1.807) is 0 Å². The van der Waals surface area contributed by atoms with Gasteiger partial charge in [0.05, 0.1) is 6.10 Å². The van der Waals surface area contributed by atoms with Gasteiger partial charge in [0.1, 0.15) is 0 Å². The second-order valence-corrected chi connectivity index (χ2v) is 14.7. The molecule has 0 amide bonds. The first-order chi connectivity index (χ1) is 15.3. The van der Waals surface area contributed by atoms with E-state index in [0.29, 0.717) is 33.5 Å². The lowest BCUT2D eigenvalue weighted by molar-refractivity contribution is -0.251. The van der Waals surface area contributed by atoms with Gasteiger partial charge < -0.3 is 5.11 Å². The Kier molecular flexibility index (Phi) is 6.01. The summed E-state index contributed by atoms with van der Waals surface area (Å²) < 4.78 is 0. The van der Waals surface area contributed by atoms with Crippen LogP contribution in [0, 0.1) is 68.5 Å². The van der Waals surface area contributed by atoms with Crippen LogP contribution in [0.5, 0.6) is 0 Å². The Morgan fingerprint density at radius 2 is 1.48 bits per heavy atom.